The Hall–Kier alpha value is -0.380. The molecule has 0 saturated carbocycles. The van der Waals surface area contributed by atoms with Gasteiger partial charge in [-0.05, 0) is 17.7 Å². The molecule has 0 aromatic heterocycles. The van der Waals surface area contributed by atoms with Gasteiger partial charge in [0.2, 0.25) is 0 Å². The highest BCUT2D eigenvalue weighted by molar-refractivity contribution is 9.10. The van der Waals surface area contributed by atoms with Gasteiger partial charge in [0.1, 0.15) is 0 Å². The van der Waals surface area contributed by atoms with E-state index in [9.17, 15) is 0 Å². The monoisotopic (exact) mass is 244 g/mol. The number of rotatable bonds is 4. The van der Waals surface area contributed by atoms with Crippen LogP contribution in [0.25, 0.3) is 0 Å². The standard InChI is InChI=1S/C10H13BrO2/c1-13-7-9(6-12)8-3-2-4-10(11)5-8/h2-5,9,12H,6-7H2,1H3. The van der Waals surface area contributed by atoms with Crippen LogP contribution in [0.3, 0.4) is 0 Å². The largest absolute Gasteiger partial charge is 0.396 e. The molecule has 0 aliphatic carbocycles. The van der Waals surface area contributed by atoms with E-state index in [4.69, 9.17) is 9.84 Å². The zero-order valence-corrected chi connectivity index (χ0v) is 9.12. The number of aliphatic hydroxyl groups excluding tert-OH is 1. The van der Waals surface area contributed by atoms with Gasteiger partial charge in [-0.15, -0.1) is 0 Å². The average molecular weight is 245 g/mol. The molecule has 0 bridgehead atoms. The Kier molecular flexibility index (Phi) is 4.42. The molecular formula is C10H13BrO2. The van der Waals surface area contributed by atoms with E-state index in [1.54, 1.807) is 7.11 Å². The fourth-order valence-electron chi connectivity index (χ4n) is 1.22. The highest BCUT2D eigenvalue weighted by Crippen LogP contribution is 2.19. The Morgan fingerprint density at radius 3 is 2.85 bits per heavy atom. The van der Waals surface area contributed by atoms with Crippen molar-refractivity contribution in [3.8, 4) is 0 Å². The van der Waals surface area contributed by atoms with Crippen molar-refractivity contribution in [2.45, 2.75) is 5.92 Å². The molecule has 13 heavy (non-hydrogen) atoms. The van der Waals surface area contributed by atoms with Gasteiger partial charge in [0.05, 0.1) is 13.2 Å². The molecule has 0 heterocycles. The summed E-state index contributed by atoms with van der Waals surface area (Å²) >= 11 is 3.39. The first kappa shape index (κ1) is 10.7. The van der Waals surface area contributed by atoms with E-state index in [0.717, 1.165) is 10.0 Å². The van der Waals surface area contributed by atoms with Crippen molar-refractivity contribution >= 4 is 15.9 Å². The van der Waals surface area contributed by atoms with Crippen molar-refractivity contribution in [1.82, 2.24) is 0 Å². The second-order valence-corrected chi connectivity index (χ2v) is 3.81. The van der Waals surface area contributed by atoms with Gasteiger partial charge in [-0.1, -0.05) is 28.1 Å². The normalized spacial score (nSPS) is 12.8. The molecule has 0 saturated heterocycles. The summed E-state index contributed by atoms with van der Waals surface area (Å²) in [6, 6.07) is 7.91. The summed E-state index contributed by atoms with van der Waals surface area (Å²) in [6.45, 7) is 0.664. The summed E-state index contributed by atoms with van der Waals surface area (Å²) in [4.78, 5) is 0. The van der Waals surface area contributed by atoms with E-state index in [-0.39, 0.29) is 12.5 Å². The van der Waals surface area contributed by atoms with Gasteiger partial charge in [-0.2, -0.15) is 0 Å². The summed E-state index contributed by atoms with van der Waals surface area (Å²) in [5.41, 5.74) is 1.10. The lowest BCUT2D eigenvalue weighted by Crippen LogP contribution is -2.10. The van der Waals surface area contributed by atoms with Crippen molar-refractivity contribution < 1.29 is 9.84 Å². The van der Waals surface area contributed by atoms with E-state index < -0.39 is 0 Å². The van der Waals surface area contributed by atoms with E-state index in [2.05, 4.69) is 15.9 Å². The molecule has 0 aliphatic rings. The summed E-state index contributed by atoms with van der Waals surface area (Å²) < 4.78 is 6.04. The Balaban J connectivity index is 2.78. The second kappa shape index (κ2) is 5.37. The molecule has 1 rings (SSSR count). The lowest BCUT2D eigenvalue weighted by atomic mass is 10.0. The van der Waals surface area contributed by atoms with Crippen LogP contribution in [0.4, 0.5) is 0 Å². The predicted octanol–water partition coefficient (Wildman–Crippen LogP) is 2.17. The fraction of sp³-hybridized carbons (Fsp3) is 0.400. The smallest absolute Gasteiger partial charge is 0.0553 e. The molecule has 0 aliphatic heterocycles. The molecule has 3 heteroatoms. The molecule has 1 atom stereocenters. The lowest BCUT2D eigenvalue weighted by Gasteiger charge is -2.13. The molecule has 0 spiro atoms. The van der Waals surface area contributed by atoms with Crippen LogP contribution in [0.5, 0.6) is 0 Å². The van der Waals surface area contributed by atoms with Crippen LogP contribution in [0.1, 0.15) is 11.5 Å². The minimum atomic E-state index is 0.0718. The maximum Gasteiger partial charge on any atom is 0.0553 e. The van der Waals surface area contributed by atoms with E-state index in [0.29, 0.717) is 6.61 Å². The van der Waals surface area contributed by atoms with Gasteiger partial charge < -0.3 is 9.84 Å². The van der Waals surface area contributed by atoms with Crippen LogP contribution in [0.15, 0.2) is 28.7 Å². The number of ether oxygens (including phenoxy) is 1. The topological polar surface area (TPSA) is 29.5 Å². The quantitative estimate of drug-likeness (QED) is 0.880. The molecular weight excluding hydrogens is 232 g/mol. The van der Waals surface area contributed by atoms with Gasteiger partial charge >= 0.3 is 0 Å². The molecule has 1 aromatic carbocycles. The third-order valence-electron chi connectivity index (χ3n) is 1.91. The van der Waals surface area contributed by atoms with Crippen molar-refractivity contribution in [1.29, 1.82) is 0 Å². The lowest BCUT2D eigenvalue weighted by molar-refractivity contribution is 0.144. The number of benzene rings is 1. The van der Waals surface area contributed by atoms with E-state index >= 15 is 0 Å². The number of hydrogen-bond acceptors (Lipinski definition) is 2. The van der Waals surface area contributed by atoms with Gasteiger partial charge in [0, 0.05) is 17.5 Å². The van der Waals surface area contributed by atoms with Gasteiger partial charge in [-0.25, -0.2) is 0 Å². The first-order chi connectivity index (χ1) is 6.27. The SMILES string of the molecule is COCC(CO)c1cccc(Br)c1. The Morgan fingerprint density at radius 1 is 1.54 bits per heavy atom. The van der Waals surface area contributed by atoms with Crippen LogP contribution < -0.4 is 0 Å². The number of methoxy groups -OCH3 is 1. The minimum Gasteiger partial charge on any atom is -0.396 e. The highest BCUT2D eigenvalue weighted by atomic mass is 79.9. The van der Waals surface area contributed by atoms with Gasteiger partial charge in [0.15, 0.2) is 0 Å². The van der Waals surface area contributed by atoms with E-state index in [1.807, 2.05) is 24.3 Å². The number of aliphatic hydroxyl groups is 1. The molecule has 72 valence electrons. The Bertz CT molecular complexity index is 263. The predicted molar refractivity (Wildman–Crippen MR) is 55.8 cm³/mol. The Labute approximate surface area is 86.7 Å². The molecule has 1 unspecified atom stereocenters. The van der Waals surface area contributed by atoms with Crippen molar-refractivity contribution in [3.63, 3.8) is 0 Å². The van der Waals surface area contributed by atoms with Crippen molar-refractivity contribution in [2.24, 2.45) is 0 Å². The van der Waals surface area contributed by atoms with Crippen LogP contribution in [0, 0.1) is 0 Å². The summed E-state index contributed by atoms with van der Waals surface area (Å²) in [7, 11) is 1.64. The number of hydrogen-bond donors (Lipinski definition) is 1. The zero-order chi connectivity index (χ0) is 9.68. The first-order valence-electron chi connectivity index (χ1n) is 4.13. The third kappa shape index (κ3) is 3.10. The van der Waals surface area contributed by atoms with Crippen molar-refractivity contribution in [2.75, 3.05) is 20.3 Å². The van der Waals surface area contributed by atoms with Gasteiger partial charge in [0.25, 0.3) is 0 Å². The average Bonchev–Trinajstić information content (AvgIpc) is 2.14. The van der Waals surface area contributed by atoms with Gasteiger partial charge in [-0.3, -0.25) is 0 Å². The summed E-state index contributed by atoms with van der Waals surface area (Å²) in [6.07, 6.45) is 0. The van der Waals surface area contributed by atoms with E-state index in [1.165, 1.54) is 0 Å². The molecule has 1 N–H and O–H groups in total. The minimum absolute atomic E-state index is 0.0718. The highest BCUT2D eigenvalue weighted by Gasteiger charge is 2.09. The zero-order valence-electron chi connectivity index (χ0n) is 7.53. The number of halogens is 1. The summed E-state index contributed by atoms with van der Waals surface area (Å²) in [5.74, 6) is 0.0718. The van der Waals surface area contributed by atoms with Crippen LogP contribution in [0.2, 0.25) is 0 Å². The molecule has 2 nitrogen and oxygen atoms in total. The maximum atomic E-state index is 9.11. The fourth-order valence-corrected chi connectivity index (χ4v) is 1.63. The molecule has 0 fully saturated rings. The Morgan fingerprint density at radius 2 is 2.31 bits per heavy atom. The maximum absolute atomic E-state index is 9.11. The molecule has 0 radical (unpaired) electrons. The van der Waals surface area contributed by atoms with Crippen molar-refractivity contribution in [3.05, 3.63) is 34.3 Å². The second-order valence-electron chi connectivity index (χ2n) is 2.89. The summed E-state index contributed by atoms with van der Waals surface area (Å²) in [5, 5.41) is 9.11. The van der Waals surface area contributed by atoms with Crippen LogP contribution >= 0.6 is 15.9 Å². The third-order valence-corrected chi connectivity index (χ3v) is 2.40. The molecule has 1 aromatic rings. The molecule has 0 amide bonds. The van der Waals surface area contributed by atoms with Crippen LogP contribution in [-0.2, 0) is 4.74 Å². The first-order valence-corrected chi connectivity index (χ1v) is 4.92. The van der Waals surface area contributed by atoms with Crippen LogP contribution in [-0.4, -0.2) is 25.4 Å².